The molecule has 0 atom stereocenters. The third-order valence-electron chi connectivity index (χ3n) is 8.13. The van der Waals surface area contributed by atoms with Gasteiger partial charge in [-0.1, -0.05) is 85.2 Å². The van der Waals surface area contributed by atoms with Crippen molar-refractivity contribution in [3.05, 3.63) is 88.1 Å². The molecule has 0 saturated heterocycles. The van der Waals surface area contributed by atoms with Crippen LogP contribution in [0, 0.1) is 13.8 Å². The molecule has 202 valence electrons. The highest BCUT2D eigenvalue weighted by Gasteiger charge is 2.23. The Morgan fingerprint density at radius 2 is 1.28 bits per heavy atom. The maximum atomic E-state index is 6.82. The number of hydrogen-bond acceptors (Lipinski definition) is 2. The number of nitrogens with zero attached hydrogens (tertiary/aromatic N) is 1. The maximum absolute atomic E-state index is 6.82. The standard InChI is InChI=1S/C37H43NO/c1-20(2)27-16-31(22(5)6)35(32(17-27)23(7)8)33-19-26-11-12-38-36(37(26)39-33)29-15-28-14-24(9)13-25(10)34(28)30(18-29)21(3)4/h11-23H,1-10H3. The fourth-order valence-corrected chi connectivity index (χ4v) is 6.08. The van der Waals surface area contributed by atoms with Gasteiger partial charge >= 0.3 is 0 Å². The van der Waals surface area contributed by atoms with Gasteiger partial charge in [-0.05, 0) is 100 Å². The monoisotopic (exact) mass is 517 g/mol. The highest BCUT2D eigenvalue weighted by Crippen LogP contribution is 2.43. The van der Waals surface area contributed by atoms with E-state index in [2.05, 4.69) is 118 Å². The van der Waals surface area contributed by atoms with Crippen LogP contribution in [-0.4, -0.2) is 4.98 Å². The fraction of sp³-hybridized carbons (Fsp3) is 0.378. The Labute approximate surface area is 234 Å². The summed E-state index contributed by atoms with van der Waals surface area (Å²) in [4.78, 5) is 4.89. The van der Waals surface area contributed by atoms with E-state index >= 15 is 0 Å². The molecule has 0 bridgehead atoms. The highest BCUT2D eigenvalue weighted by atomic mass is 16.3. The zero-order chi connectivity index (χ0) is 28.2. The SMILES string of the molecule is Cc1cc(C)c2c(C(C)C)cc(-c3nccc4cc(-c5c(C(C)C)cc(C(C)C)cc5C(C)C)oc34)cc2c1. The average Bonchev–Trinajstić information content (AvgIpc) is 3.30. The van der Waals surface area contributed by atoms with Crippen LogP contribution in [-0.2, 0) is 0 Å². The molecule has 0 spiro atoms. The molecule has 2 heterocycles. The number of aromatic nitrogens is 1. The molecule has 0 amide bonds. The molecule has 0 aliphatic heterocycles. The van der Waals surface area contributed by atoms with Crippen LogP contribution in [0.1, 0.15) is 112 Å². The van der Waals surface area contributed by atoms with Crippen molar-refractivity contribution >= 4 is 21.7 Å². The van der Waals surface area contributed by atoms with Gasteiger partial charge in [0.15, 0.2) is 5.58 Å². The van der Waals surface area contributed by atoms with Crippen LogP contribution >= 0.6 is 0 Å². The number of aryl methyl sites for hydroxylation is 2. The quantitative estimate of drug-likeness (QED) is 0.224. The van der Waals surface area contributed by atoms with E-state index in [-0.39, 0.29) is 0 Å². The second-order valence-corrected chi connectivity index (χ2v) is 12.6. The molecule has 0 aliphatic rings. The Morgan fingerprint density at radius 3 is 1.87 bits per heavy atom. The predicted octanol–water partition coefficient (Wildman–Crippen LogP) is 11.4. The van der Waals surface area contributed by atoms with E-state index in [1.54, 1.807) is 0 Å². The van der Waals surface area contributed by atoms with Gasteiger partial charge in [-0.3, -0.25) is 4.98 Å². The summed E-state index contributed by atoms with van der Waals surface area (Å²) in [6, 6.07) is 18.3. The van der Waals surface area contributed by atoms with E-state index in [0.29, 0.717) is 23.7 Å². The van der Waals surface area contributed by atoms with E-state index in [1.165, 1.54) is 49.7 Å². The third-order valence-corrected chi connectivity index (χ3v) is 8.13. The van der Waals surface area contributed by atoms with Crippen LogP contribution in [0.4, 0.5) is 0 Å². The lowest BCUT2D eigenvalue weighted by atomic mass is 9.83. The lowest BCUT2D eigenvalue weighted by molar-refractivity contribution is 0.626. The molecule has 3 aromatic carbocycles. The summed E-state index contributed by atoms with van der Waals surface area (Å²) < 4.78 is 6.82. The van der Waals surface area contributed by atoms with Crippen molar-refractivity contribution in [2.75, 3.05) is 0 Å². The first kappa shape index (κ1) is 27.2. The Kier molecular flexibility index (Phi) is 7.18. The molecule has 2 nitrogen and oxygen atoms in total. The minimum Gasteiger partial charge on any atom is -0.454 e. The molecule has 0 aliphatic carbocycles. The van der Waals surface area contributed by atoms with Crippen molar-refractivity contribution in [3.8, 4) is 22.6 Å². The summed E-state index contributed by atoms with van der Waals surface area (Å²) >= 11 is 0. The second-order valence-electron chi connectivity index (χ2n) is 12.6. The van der Waals surface area contributed by atoms with Crippen LogP contribution < -0.4 is 0 Å². The van der Waals surface area contributed by atoms with Crippen LogP contribution in [0.5, 0.6) is 0 Å². The lowest BCUT2D eigenvalue weighted by Crippen LogP contribution is -2.03. The average molecular weight is 518 g/mol. The number of furan rings is 1. The Bertz CT molecular complexity index is 1650. The molecule has 5 rings (SSSR count). The van der Waals surface area contributed by atoms with Crippen molar-refractivity contribution in [3.63, 3.8) is 0 Å². The van der Waals surface area contributed by atoms with Gasteiger partial charge in [0.1, 0.15) is 11.5 Å². The first-order valence-corrected chi connectivity index (χ1v) is 14.6. The smallest absolute Gasteiger partial charge is 0.161 e. The highest BCUT2D eigenvalue weighted by molar-refractivity contribution is 5.98. The maximum Gasteiger partial charge on any atom is 0.161 e. The molecule has 0 N–H and O–H groups in total. The van der Waals surface area contributed by atoms with Crippen LogP contribution in [0.2, 0.25) is 0 Å². The van der Waals surface area contributed by atoms with Gasteiger partial charge < -0.3 is 4.42 Å². The molecule has 0 fully saturated rings. The van der Waals surface area contributed by atoms with Crippen molar-refractivity contribution < 1.29 is 4.42 Å². The fourth-order valence-electron chi connectivity index (χ4n) is 6.08. The molecule has 0 saturated carbocycles. The van der Waals surface area contributed by atoms with Gasteiger partial charge in [0, 0.05) is 22.7 Å². The summed E-state index contributed by atoms with van der Waals surface area (Å²) in [5, 5.41) is 3.73. The normalized spacial score (nSPS) is 12.3. The van der Waals surface area contributed by atoms with Gasteiger partial charge in [-0.2, -0.15) is 0 Å². The largest absolute Gasteiger partial charge is 0.454 e. The molecule has 0 unspecified atom stereocenters. The first-order chi connectivity index (χ1) is 18.5. The number of rotatable bonds is 6. The lowest BCUT2D eigenvalue weighted by Gasteiger charge is -2.21. The molecular formula is C37H43NO. The minimum absolute atomic E-state index is 0.391. The van der Waals surface area contributed by atoms with Gasteiger partial charge in [-0.15, -0.1) is 0 Å². The van der Waals surface area contributed by atoms with E-state index in [4.69, 9.17) is 9.40 Å². The molecule has 2 heteroatoms. The third kappa shape index (κ3) is 4.91. The first-order valence-electron chi connectivity index (χ1n) is 14.6. The van der Waals surface area contributed by atoms with Gasteiger partial charge in [0.05, 0.1) is 0 Å². The zero-order valence-electron chi connectivity index (χ0n) is 25.4. The molecule has 39 heavy (non-hydrogen) atoms. The Morgan fingerprint density at radius 1 is 0.641 bits per heavy atom. The van der Waals surface area contributed by atoms with Crippen molar-refractivity contribution in [1.82, 2.24) is 4.98 Å². The van der Waals surface area contributed by atoms with Crippen molar-refractivity contribution in [2.24, 2.45) is 0 Å². The Balaban J connectivity index is 1.78. The van der Waals surface area contributed by atoms with Gasteiger partial charge in [-0.25, -0.2) is 0 Å². The van der Waals surface area contributed by atoms with Crippen LogP contribution in [0.3, 0.4) is 0 Å². The van der Waals surface area contributed by atoms with Gasteiger partial charge in [0.25, 0.3) is 0 Å². The summed E-state index contributed by atoms with van der Waals surface area (Å²) in [7, 11) is 0. The van der Waals surface area contributed by atoms with Crippen LogP contribution in [0.15, 0.2) is 59.1 Å². The van der Waals surface area contributed by atoms with E-state index < -0.39 is 0 Å². The molecular weight excluding hydrogens is 474 g/mol. The number of pyridine rings is 1. The van der Waals surface area contributed by atoms with Crippen LogP contribution in [0.25, 0.3) is 44.3 Å². The summed E-state index contributed by atoms with van der Waals surface area (Å²) in [6.45, 7) is 22.7. The van der Waals surface area contributed by atoms with Crippen molar-refractivity contribution in [2.45, 2.75) is 92.9 Å². The number of hydrogen-bond donors (Lipinski definition) is 0. The molecule has 2 aromatic heterocycles. The topological polar surface area (TPSA) is 26.0 Å². The number of benzene rings is 3. The summed E-state index contributed by atoms with van der Waals surface area (Å²) in [6.07, 6.45) is 1.92. The molecule has 0 radical (unpaired) electrons. The number of fused-ring (bicyclic) bond motifs is 2. The Hall–Kier alpha value is -3.39. The van der Waals surface area contributed by atoms with Gasteiger partial charge in [0.2, 0.25) is 0 Å². The molecule has 5 aromatic rings. The zero-order valence-corrected chi connectivity index (χ0v) is 25.4. The predicted molar refractivity (Wildman–Crippen MR) is 168 cm³/mol. The minimum atomic E-state index is 0.391. The summed E-state index contributed by atoms with van der Waals surface area (Å²) in [5.74, 6) is 2.61. The van der Waals surface area contributed by atoms with E-state index in [1.807, 2.05) is 6.20 Å². The van der Waals surface area contributed by atoms with E-state index in [0.717, 1.165) is 28.0 Å². The van der Waals surface area contributed by atoms with Crippen molar-refractivity contribution in [1.29, 1.82) is 0 Å². The summed E-state index contributed by atoms with van der Waals surface area (Å²) in [5.41, 5.74) is 12.2. The van der Waals surface area contributed by atoms with E-state index in [9.17, 15) is 0 Å². The second kappa shape index (κ2) is 10.3.